The number of hydrogen-bond donors (Lipinski definition) is 2. The molecular formula is C18H18ClN7O4. The molecule has 0 unspecified atom stereocenters. The van der Waals surface area contributed by atoms with Gasteiger partial charge >= 0.3 is 5.69 Å². The lowest BCUT2D eigenvalue weighted by molar-refractivity contribution is -0.384. The first-order valence-electron chi connectivity index (χ1n) is 8.76. The topological polar surface area (TPSA) is 140 Å². The molecule has 11 nitrogen and oxygen atoms in total. The fourth-order valence-corrected chi connectivity index (χ4v) is 2.81. The summed E-state index contributed by atoms with van der Waals surface area (Å²) in [6, 6.07) is 5.92. The lowest BCUT2D eigenvalue weighted by atomic mass is 10.1. The molecule has 0 saturated heterocycles. The molecular weight excluding hydrogens is 414 g/mol. The number of fused-ring (bicyclic) bond motifs is 1. The van der Waals surface area contributed by atoms with Crippen molar-refractivity contribution in [3.8, 4) is 0 Å². The van der Waals surface area contributed by atoms with Crippen LogP contribution < -0.4 is 16.7 Å². The van der Waals surface area contributed by atoms with Crippen molar-refractivity contribution in [2.75, 3.05) is 5.43 Å². The van der Waals surface area contributed by atoms with Gasteiger partial charge in [-0.3, -0.25) is 29.0 Å². The quantitative estimate of drug-likeness (QED) is 0.348. The molecule has 156 valence electrons. The molecule has 3 rings (SSSR count). The van der Waals surface area contributed by atoms with Crippen molar-refractivity contribution in [2.45, 2.75) is 20.4 Å². The molecule has 0 atom stereocenters. The van der Waals surface area contributed by atoms with Crippen LogP contribution in [0.15, 0.2) is 50.1 Å². The van der Waals surface area contributed by atoms with E-state index in [-0.39, 0.29) is 29.3 Å². The van der Waals surface area contributed by atoms with Crippen molar-refractivity contribution in [1.29, 1.82) is 0 Å². The van der Waals surface area contributed by atoms with Crippen molar-refractivity contribution in [2.24, 2.45) is 12.1 Å². The number of nitrogens with zero attached hydrogens (tertiary/aromatic N) is 5. The summed E-state index contributed by atoms with van der Waals surface area (Å²) >= 11 is 5.93. The van der Waals surface area contributed by atoms with Crippen molar-refractivity contribution in [3.05, 3.63) is 71.9 Å². The number of hydrogen-bond acceptors (Lipinski definition) is 7. The lowest BCUT2D eigenvalue weighted by Crippen LogP contribution is -2.29. The van der Waals surface area contributed by atoms with E-state index in [0.717, 1.165) is 0 Å². The normalized spacial score (nSPS) is 12.4. The number of aromatic amines is 1. The molecule has 1 aromatic carbocycles. The maximum absolute atomic E-state index is 12.4. The van der Waals surface area contributed by atoms with Crippen LogP contribution in [0.3, 0.4) is 0 Å². The fraction of sp³-hybridized carbons (Fsp3) is 0.222. The standard InChI is InChI=1S/C18H18ClN7O4/c1-10(19)8-9-25-14-15(24(3)18(28)21-16(14)27)20-17(25)23-22-11(2)12-4-6-13(7-5-12)26(29)30/h4-8H,9H2,1-3H3,(H,20,23)(H,21,27,28)/b10-8+,22-11+. The Bertz CT molecular complexity index is 1300. The maximum atomic E-state index is 12.4. The summed E-state index contributed by atoms with van der Waals surface area (Å²) in [5.41, 5.74) is 3.20. The molecule has 0 amide bonds. The number of rotatable bonds is 6. The average Bonchev–Trinajstić information content (AvgIpc) is 3.08. The van der Waals surface area contributed by atoms with Crippen LogP contribution in [0.5, 0.6) is 0 Å². The summed E-state index contributed by atoms with van der Waals surface area (Å²) in [6.45, 7) is 3.64. The van der Waals surface area contributed by atoms with Gasteiger partial charge in [0.2, 0.25) is 5.95 Å². The summed E-state index contributed by atoms with van der Waals surface area (Å²) < 4.78 is 2.77. The van der Waals surface area contributed by atoms with Gasteiger partial charge in [-0.25, -0.2) is 10.2 Å². The number of nitrogens with one attached hydrogen (secondary N) is 2. The number of aromatic nitrogens is 4. The molecule has 0 saturated carbocycles. The predicted octanol–water partition coefficient (Wildman–Crippen LogP) is 2.31. The Morgan fingerprint density at radius 2 is 2.00 bits per heavy atom. The molecule has 30 heavy (non-hydrogen) atoms. The van der Waals surface area contributed by atoms with E-state index in [1.807, 2.05) is 0 Å². The van der Waals surface area contributed by atoms with Gasteiger partial charge in [0, 0.05) is 30.8 Å². The van der Waals surface area contributed by atoms with Gasteiger partial charge in [-0.2, -0.15) is 10.1 Å². The zero-order valence-electron chi connectivity index (χ0n) is 16.3. The number of aryl methyl sites for hydroxylation is 1. The van der Waals surface area contributed by atoms with Gasteiger partial charge in [0.25, 0.3) is 11.2 Å². The largest absolute Gasteiger partial charge is 0.329 e. The van der Waals surface area contributed by atoms with E-state index < -0.39 is 16.2 Å². The maximum Gasteiger partial charge on any atom is 0.329 e. The van der Waals surface area contributed by atoms with Crippen LogP contribution in [0.25, 0.3) is 11.2 Å². The molecule has 2 aromatic heterocycles. The van der Waals surface area contributed by atoms with Gasteiger partial charge in [-0.1, -0.05) is 17.7 Å². The SMILES string of the molecule is C/C(Cl)=C\Cn1c(N/N=C(\C)c2ccc([N+](=O)[O-])cc2)nc2c1c(=O)[nH]c(=O)n2C. The number of anilines is 1. The van der Waals surface area contributed by atoms with Crippen LogP contribution in [0, 0.1) is 10.1 Å². The molecule has 2 N–H and O–H groups in total. The number of H-pyrrole nitrogens is 1. The number of imidazole rings is 1. The van der Waals surface area contributed by atoms with E-state index in [1.165, 1.54) is 23.7 Å². The predicted molar refractivity (Wildman–Crippen MR) is 114 cm³/mol. The third-order valence-corrected chi connectivity index (χ3v) is 4.54. The first-order chi connectivity index (χ1) is 14.2. The van der Waals surface area contributed by atoms with Crippen LogP contribution in [0.1, 0.15) is 19.4 Å². The van der Waals surface area contributed by atoms with Gasteiger partial charge in [0.1, 0.15) is 0 Å². The molecule has 0 aliphatic heterocycles. The van der Waals surface area contributed by atoms with Crippen molar-refractivity contribution < 1.29 is 4.92 Å². The van der Waals surface area contributed by atoms with E-state index in [2.05, 4.69) is 20.5 Å². The number of hydrazone groups is 1. The van der Waals surface area contributed by atoms with Gasteiger partial charge in [-0.15, -0.1) is 0 Å². The van der Waals surface area contributed by atoms with Crippen molar-refractivity contribution >= 4 is 40.1 Å². The summed E-state index contributed by atoms with van der Waals surface area (Å²) in [4.78, 5) is 41.2. The molecule has 0 spiro atoms. The molecule has 0 fully saturated rings. The zero-order valence-corrected chi connectivity index (χ0v) is 17.1. The Morgan fingerprint density at radius 3 is 2.60 bits per heavy atom. The molecule has 0 radical (unpaired) electrons. The third-order valence-electron chi connectivity index (χ3n) is 4.38. The number of benzene rings is 1. The Kier molecular flexibility index (Phi) is 5.83. The van der Waals surface area contributed by atoms with Crippen LogP contribution in [0.4, 0.5) is 11.6 Å². The number of non-ortho nitro benzene ring substituents is 1. The Morgan fingerprint density at radius 1 is 1.33 bits per heavy atom. The number of nitro benzene ring substituents is 1. The monoisotopic (exact) mass is 431 g/mol. The summed E-state index contributed by atoms with van der Waals surface area (Å²) in [6.07, 6.45) is 1.69. The van der Waals surface area contributed by atoms with Gasteiger partial charge in [-0.05, 0) is 31.5 Å². The molecule has 0 aliphatic rings. The number of nitro groups is 1. The van der Waals surface area contributed by atoms with Crippen molar-refractivity contribution in [1.82, 2.24) is 19.1 Å². The van der Waals surface area contributed by atoms with Gasteiger partial charge in [0.05, 0.1) is 10.6 Å². The Balaban J connectivity index is 2.04. The molecule has 0 aliphatic carbocycles. The van der Waals surface area contributed by atoms with E-state index >= 15 is 0 Å². The average molecular weight is 432 g/mol. The highest BCUT2D eigenvalue weighted by Crippen LogP contribution is 2.17. The molecule has 12 heteroatoms. The second kappa shape index (κ2) is 8.33. The van der Waals surface area contributed by atoms with Crippen LogP contribution in [-0.4, -0.2) is 29.7 Å². The first kappa shape index (κ1) is 21.0. The minimum atomic E-state index is -0.585. The van der Waals surface area contributed by atoms with E-state index in [4.69, 9.17) is 11.6 Å². The highest BCUT2D eigenvalue weighted by atomic mass is 35.5. The zero-order chi connectivity index (χ0) is 22.0. The van der Waals surface area contributed by atoms with E-state index in [1.54, 1.807) is 36.6 Å². The second-order valence-corrected chi connectivity index (χ2v) is 7.04. The smallest absolute Gasteiger partial charge is 0.299 e. The van der Waals surface area contributed by atoms with E-state index in [9.17, 15) is 19.7 Å². The summed E-state index contributed by atoms with van der Waals surface area (Å²) in [5, 5.41) is 15.6. The molecule has 2 heterocycles. The van der Waals surface area contributed by atoms with Gasteiger partial charge < -0.3 is 0 Å². The Hall–Kier alpha value is -3.73. The lowest BCUT2D eigenvalue weighted by Gasteiger charge is -2.07. The Labute approximate surface area is 174 Å². The highest BCUT2D eigenvalue weighted by Gasteiger charge is 2.16. The van der Waals surface area contributed by atoms with Crippen LogP contribution in [-0.2, 0) is 13.6 Å². The van der Waals surface area contributed by atoms with E-state index in [0.29, 0.717) is 16.3 Å². The third kappa shape index (κ3) is 4.15. The minimum Gasteiger partial charge on any atom is -0.299 e. The summed E-state index contributed by atoms with van der Waals surface area (Å²) in [5.74, 6) is 0.229. The molecule has 3 aromatic rings. The molecule has 0 bridgehead atoms. The van der Waals surface area contributed by atoms with Crippen LogP contribution in [0.2, 0.25) is 0 Å². The van der Waals surface area contributed by atoms with Crippen LogP contribution >= 0.6 is 11.6 Å². The van der Waals surface area contributed by atoms with Crippen molar-refractivity contribution in [3.63, 3.8) is 0 Å². The highest BCUT2D eigenvalue weighted by molar-refractivity contribution is 6.29. The van der Waals surface area contributed by atoms with Gasteiger partial charge in [0.15, 0.2) is 11.2 Å². The number of halogens is 1. The second-order valence-electron chi connectivity index (χ2n) is 6.44. The minimum absolute atomic E-state index is 0.0234. The summed E-state index contributed by atoms with van der Waals surface area (Å²) in [7, 11) is 1.50. The first-order valence-corrected chi connectivity index (χ1v) is 9.13. The number of allylic oxidation sites excluding steroid dienone is 2. The fourth-order valence-electron chi connectivity index (χ4n) is 2.74.